The summed E-state index contributed by atoms with van der Waals surface area (Å²) < 4.78 is 11.0. The van der Waals surface area contributed by atoms with E-state index in [0.29, 0.717) is 34.4 Å². The fourth-order valence-electron chi connectivity index (χ4n) is 2.68. The van der Waals surface area contributed by atoms with Crippen molar-refractivity contribution in [2.75, 3.05) is 18.1 Å². The largest absolute Gasteiger partial charge is 0.490 e. The molecular formula is C21H18ClNO6S. The van der Waals surface area contributed by atoms with Crippen LogP contribution in [-0.4, -0.2) is 35.4 Å². The summed E-state index contributed by atoms with van der Waals surface area (Å²) in [7, 11) is 0. The number of rotatable bonds is 8. The van der Waals surface area contributed by atoms with Gasteiger partial charge in [-0.15, -0.1) is 0 Å². The van der Waals surface area contributed by atoms with E-state index in [4.69, 9.17) is 26.2 Å². The molecule has 156 valence electrons. The molecule has 2 aromatic carbocycles. The zero-order chi connectivity index (χ0) is 21.7. The van der Waals surface area contributed by atoms with Crippen LogP contribution in [0.2, 0.25) is 5.02 Å². The van der Waals surface area contributed by atoms with E-state index in [9.17, 15) is 14.4 Å². The van der Waals surface area contributed by atoms with E-state index in [1.165, 1.54) is 0 Å². The Kier molecular flexibility index (Phi) is 7.02. The summed E-state index contributed by atoms with van der Waals surface area (Å²) in [6, 6.07) is 11.5. The van der Waals surface area contributed by atoms with Crippen molar-refractivity contribution in [1.29, 1.82) is 0 Å². The predicted octanol–water partition coefficient (Wildman–Crippen LogP) is 4.83. The number of thioether (sulfide) groups is 1. The molecule has 0 saturated carbocycles. The zero-order valence-corrected chi connectivity index (χ0v) is 17.5. The summed E-state index contributed by atoms with van der Waals surface area (Å²) in [4.78, 5) is 37.2. The lowest BCUT2D eigenvalue weighted by atomic mass is 10.1. The molecule has 1 aliphatic rings. The van der Waals surface area contributed by atoms with Crippen molar-refractivity contribution in [3.63, 3.8) is 0 Å². The summed E-state index contributed by atoms with van der Waals surface area (Å²) in [5, 5.41) is 8.85. The molecular weight excluding hydrogens is 430 g/mol. The third-order valence-corrected chi connectivity index (χ3v) is 5.14. The van der Waals surface area contributed by atoms with Crippen molar-refractivity contribution < 1.29 is 29.0 Å². The van der Waals surface area contributed by atoms with Gasteiger partial charge in [0, 0.05) is 5.02 Å². The number of hydrogen-bond acceptors (Lipinski definition) is 6. The molecule has 1 fully saturated rings. The molecule has 3 rings (SSSR count). The molecule has 30 heavy (non-hydrogen) atoms. The highest BCUT2D eigenvalue weighted by atomic mass is 35.5. The zero-order valence-electron chi connectivity index (χ0n) is 16.0. The molecule has 1 N–H and O–H groups in total. The molecule has 1 aliphatic heterocycles. The van der Waals surface area contributed by atoms with E-state index < -0.39 is 17.1 Å². The topological polar surface area (TPSA) is 93.1 Å². The number of carboxylic acids is 1. The van der Waals surface area contributed by atoms with Crippen molar-refractivity contribution in [3.05, 3.63) is 58.0 Å². The Morgan fingerprint density at radius 2 is 1.87 bits per heavy atom. The van der Waals surface area contributed by atoms with Gasteiger partial charge in [-0.3, -0.25) is 14.4 Å². The van der Waals surface area contributed by atoms with Gasteiger partial charge in [0.1, 0.15) is 0 Å². The lowest BCUT2D eigenvalue weighted by molar-refractivity contribution is -0.137. The van der Waals surface area contributed by atoms with Gasteiger partial charge in [0.25, 0.3) is 11.1 Å². The third-order valence-electron chi connectivity index (χ3n) is 4.02. The highest BCUT2D eigenvalue weighted by Gasteiger charge is 2.36. The van der Waals surface area contributed by atoms with Crippen LogP contribution in [0.4, 0.5) is 10.5 Å². The maximum atomic E-state index is 12.8. The molecule has 2 amide bonds. The van der Waals surface area contributed by atoms with Crippen molar-refractivity contribution in [1.82, 2.24) is 0 Å². The molecule has 0 aliphatic carbocycles. The van der Waals surface area contributed by atoms with Gasteiger partial charge in [0.15, 0.2) is 11.5 Å². The van der Waals surface area contributed by atoms with Gasteiger partial charge in [0.2, 0.25) is 0 Å². The van der Waals surface area contributed by atoms with Gasteiger partial charge in [-0.05, 0) is 66.7 Å². The number of halogens is 1. The van der Waals surface area contributed by atoms with Gasteiger partial charge in [-0.25, -0.2) is 4.90 Å². The van der Waals surface area contributed by atoms with Crippen LogP contribution in [0.3, 0.4) is 0 Å². The predicted molar refractivity (Wildman–Crippen MR) is 115 cm³/mol. The molecule has 0 unspecified atom stereocenters. The molecule has 2 aromatic rings. The lowest BCUT2D eigenvalue weighted by Gasteiger charge is -2.13. The average Bonchev–Trinajstić information content (AvgIpc) is 2.97. The number of ether oxygens (including phenoxy) is 2. The number of amides is 2. The van der Waals surface area contributed by atoms with Gasteiger partial charge in [-0.1, -0.05) is 17.7 Å². The Hall–Kier alpha value is -2.97. The standard InChI is InChI=1S/C21H18ClNO6S/c1-2-28-17-11-13(3-8-16(17)29-10-9-19(24)25)12-18-20(26)23(21(27)30-18)15-6-4-14(22)5-7-15/h3-8,11-12H,2,9-10H2,1H3,(H,24,25)/b18-12+. The number of carbonyl (C=O) groups is 3. The molecule has 1 heterocycles. The highest BCUT2D eigenvalue weighted by Crippen LogP contribution is 2.37. The third kappa shape index (κ3) is 5.14. The van der Waals surface area contributed by atoms with Gasteiger partial charge in [0.05, 0.1) is 30.2 Å². The molecule has 1 saturated heterocycles. The van der Waals surface area contributed by atoms with E-state index in [1.807, 2.05) is 6.92 Å². The van der Waals surface area contributed by atoms with Crippen LogP contribution in [0.25, 0.3) is 6.08 Å². The number of benzene rings is 2. The van der Waals surface area contributed by atoms with E-state index >= 15 is 0 Å². The number of carbonyl (C=O) groups excluding carboxylic acids is 2. The first kappa shape index (κ1) is 21.7. The van der Waals surface area contributed by atoms with Crippen LogP contribution < -0.4 is 14.4 Å². The number of aliphatic carboxylic acids is 1. The number of hydrogen-bond donors (Lipinski definition) is 1. The molecule has 0 radical (unpaired) electrons. The van der Waals surface area contributed by atoms with Crippen LogP contribution in [0, 0.1) is 0 Å². The van der Waals surface area contributed by atoms with E-state index in [0.717, 1.165) is 16.7 Å². The Bertz CT molecular complexity index is 1010. The van der Waals surface area contributed by atoms with Gasteiger partial charge in [-0.2, -0.15) is 0 Å². The Balaban J connectivity index is 1.82. The van der Waals surface area contributed by atoms with Gasteiger partial charge < -0.3 is 14.6 Å². The average molecular weight is 448 g/mol. The maximum absolute atomic E-state index is 12.8. The molecule has 0 bridgehead atoms. The van der Waals surface area contributed by atoms with Crippen LogP contribution in [0.5, 0.6) is 11.5 Å². The molecule has 0 aromatic heterocycles. The lowest BCUT2D eigenvalue weighted by Crippen LogP contribution is -2.27. The van der Waals surface area contributed by atoms with Crippen molar-refractivity contribution >= 4 is 52.2 Å². The first-order valence-electron chi connectivity index (χ1n) is 9.04. The molecule has 7 nitrogen and oxygen atoms in total. The summed E-state index contributed by atoms with van der Waals surface area (Å²) in [5.74, 6) is -0.550. The first-order valence-corrected chi connectivity index (χ1v) is 10.2. The molecule has 9 heteroatoms. The number of anilines is 1. The minimum Gasteiger partial charge on any atom is -0.490 e. The van der Waals surface area contributed by atoms with E-state index in [-0.39, 0.29) is 17.9 Å². The maximum Gasteiger partial charge on any atom is 0.306 e. The molecule has 0 atom stereocenters. The smallest absolute Gasteiger partial charge is 0.306 e. The second kappa shape index (κ2) is 9.69. The Labute approximate surface area is 182 Å². The number of nitrogens with zero attached hydrogens (tertiary/aromatic N) is 1. The highest BCUT2D eigenvalue weighted by molar-refractivity contribution is 8.19. The fraction of sp³-hybridized carbons (Fsp3) is 0.190. The number of imide groups is 1. The second-order valence-electron chi connectivity index (χ2n) is 6.12. The summed E-state index contributed by atoms with van der Waals surface area (Å²) >= 11 is 6.72. The molecule has 0 spiro atoms. The SMILES string of the molecule is CCOc1cc(/C=C2/SC(=O)N(c3ccc(Cl)cc3)C2=O)ccc1OCCC(=O)O. The van der Waals surface area contributed by atoms with E-state index in [1.54, 1.807) is 48.5 Å². The number of carboxylic acid groups (broad SMARTS) is 1. The van der Waals surface area contributed by atoms with E-state index in [2.05, 4.69) is 0 Å². The van der Waals surface area contributed by atoms with Crippen LogP contribution >= 0.6 is 23.4 Å². The van der Waals surface area contributed by atoms with Crippen molar-refractivity contribution in [2.24, 2.45) is 0 Å². The minimum absolute atomic E-state index is 0.00867. The van der Waals surface area contributed by atoms with Crippen LogP contribution in [0.1, 0.15) is 18.9 Å². The summed E-state index contributed by atoms with van der Waals surface area (Å²) in [5.41, 5.74) is 1.09. The van der Waals surface area contributed by atoms with Crippen molar-refractivity contribution in [3.8, 4) is 11.5 Å². The summed E-state index contributed by atoms with van der Waals surface area (Å²) in [6.07, 6.45) is 1.47. The van der Waals surface area contributed by atoms with Crippen LogP contribution in [0.15, 0.2) is 47.4 Å². The summed E-state index contributed by atoms with van der Waals surface area (Å²) in [6.45, 7) is 2.20. The first-order chi connectivity index (χ1) is 14.4. The Morgan fingerprint density at radius 1 is 1.13 bits per heavy atom. The Morgan fingerprint density at radius 3 is 2.53 bits per heavy atom. The second-order valence-corrected chi connectivity index (χ2v) is 7.55. The van der Waals surface area contributed by atoms with Gasteiger partial charge >= 0.3 is 5.97 Å². The quantitative estimate of drug-likeness (QED) is 0.579. The minimum atomic E-state index is -0.957. The monoisotopic (exact) mass is 447 g/mol. The fourth-order valence-corrected chi connectivity index (χ4v) is 3.65. The van der Waals surface area contributed by atoms with Crippen LogP contribution in [-0.2, 0) is 9.59 Å². The normalized spacial score (nSPS) is 15.0. The van der Waals surface area contributed by atoms with Crippen molar-refractivity contribution in [2.45, 2.75) is 13.3 Å².